The first-order valence-corrected chi connectivity index (χ1v) is 5.46. The number of hydrogen-bond donors (Lipinski definition) is 0. The molecule has 0 spiro atoms. The second-order valence-electron chi connectivity index (χ2n) is 4.42. The average Bonchev–Trinajstić information content (AvgIpc) is 2.44. The number of cyclic esters (lactones) is 1. The highest BCUT2D eigenvalue weighted by Gasteiger charge is 2.27. The van der Waals surface area contributed by atoms with E-state index in [4.69, 9.17) is 9.47 Å². The molecule has 90 valence electrons. The van der Waals surface area contributed by atoms with Gasteiger partial charge in [0.1, 0.15) is 12.2 Å². The average molecular weight is 226 g/mol. The number of esters is 2. The van der Waals surface area contributed by atoms with Crippen molar-refractivity contribution in [3.63, 3.8) is 0 Å². The maximum atomic E-state index is 11.2. The molecule has 0 aromatic rings. The van der Waals surface area contributed by atoms with Crippen LogP contribution in [0.1, 0.15) is 34.1 Å². The number of ether oxygens (including phenoxy) is 2. The molecule has 4 heteroatoms. The Morgan fingerprint density at radius 2 is 2.19 bits per heavy atom. The van der Waals surface area contributed by atoms with Gasteiger partial charge in [-0.15, -0.1) is 0 Å². The standard InChI is InChI=1S/C12H18O4/c1-7(2)11(15-9(4)13)6-10-5-8(3)12(14)16-10/h5,7,10-11H,6H2,1-4H3/t10-,11+/m0/s1. The van der Waals surface area contributed by atoms with Gasteiger partial charge in [-0.25, -0.2) is 4.79 Å². The molecule has 0 N–H and O–H groups in total. The summed E-state index contributed by atoms with van der Waals surface area (Å²) >= 11 is 0. The molecular formula is C12H18O4. The van der Waals surface area contributed by atoms with Crippen LogP contribution in [0.2, 0.25) is 0 Å². The fourth-order valence-electron chi connectivity index (χ4n) is 1.63. The molecule has 16 heavy (non-hydrogen) atoms. The van der Waals surface area contributed by atoms with E-state index in [0.717, 1.165) is 0 Å². The van der Waals surface area contributed by atoms with Crippen molar-refractivity contribution in [3.8, 4) is 0 Å². The highest BCUT2D eigenvalue weighted by molar-refractivity contribution is 5.90. The second kappa shape index (κ2) is 5.14. The summed E-state index contributed by atoms with van der Waals surface area (Å²) in [5, 5.41) is 0. The lowest BCUT2D eigenvalue weighted by Crippen LogP contribution is -2.27. The number of hydrogen-bond acceptors (Lipinski definition) is 4. The molecule has 0 bridgehead atoms. The van der Waals surface area contributed by atoms with Crippen LogP contribution >= 0.6 is 0 Å². The van der Waals surface area contributed by atoms with Crippen LogP contribution < -0.4 is 0 Å². The molecular weight excluding hydrogens is 208 g/mol. The summed E-state index contributed by atoms with van der Waals surface area (Å²) in [6.07, 6.45) is 1.83. The Kier molecular flexibility index (Phi) is 4.10. The summed E-state index contributed by atoms with van der Waals surface area (Å²) in [6.45, 7) is 7.05. The highest BCUT2D eigenvalue weighted by atomic mass is 16.6. The van der Waals surface area contributed by atoms with Crippen LogP contribution in [0, 0.1) is 5.92 Å². The summed E-state index contributed by atoms with van der Waals surface area (Å²) in [5.41, 5.74) is 0.621. The van der Waals surface area contributed by atoms with Crippen LogP contribution in [0.5, 0.6) is 0 Å². The molecule has 0 fully saturated rings. The Hall–Kier alpha value is -1.32. The van der Waals surface area contributed by atoms with Gasteiger partial charge in [0.05, 0.1) is 0 Å². The van der Waals surface area contributed by atoms with Gasteiger partial charge in [0.2, 0.25) is 0 Å². The van der Waals surface area contributed by atoms with Crippen molar-refractivity contribution < 1.29 is 19.1 Å². The zero-order chi connectivity index (χ0) is 12.3. The van der Waals surface area contributed by atoms with Crippen LogP contribution in [0.3, 0.4) is 0 Å². The smallest absolute Gasteiger partial charge is 0.334 e. The van der Waals surface area contributed by atoms with Gasteiger partial charge < -0.3 is 9.47 Å². The van der Waals surface area contributed by atoms with Crippen molar-refractivity contribution in [3.05, 3.63) is 11.6 Å². The molecule has 0 unspecified atom stereocenters. The minimum atomic E-state index is -0.302. The topological polar surface area (TPSA) is 52.6 Å². The van der Waals surface area contributed by atoms with E-state index in [1.807, 2.05) is 13.8 Å². The van der Waals surface area contributed by atoms with Crippen LogP contribution in [-0.4, -0.2) is 24.1 Å². The molecule has 0 saturated heterocycles. The maximum absolute atomic E-state index is 11.2. The predicted molar refractivity (Wildman–Crippen MR) is 58.6 cm³/mol. The molecule has 0 aromatic carbocycles. The zero-order valence-electron chi connectivity index (χ0n) is 10.1. The van der Waals surface area contributed by atoms with Gasteiger partial charge in [-0.1, -0.05) is 13.8 Å². The van der Waals surface area contributed by atoms with E-state index >= 15 is 0 Å². The minimum absolute atomic E-state index is 0.205. The lowest BCUT2D eigenvalue weighted by atomic mass is 10.0. The zero-order valence-corrected chi connectivity index (χ0v) is 10.1. The third kappa shape index (κ3) is 3.36. The summed E-state index contributed by atoms with van der Waals surface area (Å²) in [5.74, 6) is -0.379. The molecule has 1 aliphatic heterocycles. The highest BCUT2D eigenvalue weighted by Crippen LogP contribution is 2.21. The van der Waals surface area contributed by atoms with Crippen molar-refractivity contribution in [1.82, 2.24) is 0 Å². The van der Waals surface area contributed by atoms with Gasteiger partial charge in [0, 0.05) is 18.9 Å². The predicted octanol–water partition coefficient (Wildman–Crippen LogP) is 1.84. The molecule has 1 heterocycles. The Bertz CT molecular complexity index is 317. The van der Waals surface area contributed by atoms with E-state index in [1.54, 1.807) is 13.0 Å². The van der Waals surface area contributed by atoms with E-state index in [1.165, 1.54) is 6.92 Å². The third-order valence-electron chi connectivity index (χ3n) is 2.54. The van der Waals surface area contributed by atoms with Gasteiger partial charge in [-0.05, 0) is 18.9 Å². The first kappa shape index (κ1) is 12.7. The molecule has 1 rings (SSSR count). The van der Waals surface area contributed by atoms with Crippen LogP contribution in [-0.2, 0) is 19.1 Å². The fraction of sp³-hybridized carbons (Fsp3) is 0.667. The lowest BCUT2D eigenvalue weighted by Gasteiger charge is -2.22. The van der Waals surface area contributed by atoms with Gasteiger partial charge in [-0.2, -0.15) is 0 Å². The van der Waals surface area contributed by atoms with Gasteiger partial charge in [0.25, 0.3) is 0 Å². The van der Waals surface area contributed by atoms with E-state index in [0.29, 0.717) is 12.0 Å². The normalized spacial score (nSPS) is 21.7. The minimum Gasteiger partial charge on any atom is -0.462 e. The van der Waals surface area contributed by atoms with E-state index < -0.39 is 0 Å². The lowest BCUT2D eigenvalue weighted by molar-refractivity contribution is -0.151. The molecule has 2 atom stereocenters. The molecule has 4 nitrogen and oxygen atoms in total. The van der Waals surface area contributed by atoms with E-state index in [-0.39, 0.29) is 30.1 Å². The summed E-state index contributed by atoms with van der Waals surface area (Å²) in [4.78, 5) is 22.1. The first-order valence-electron chi connectivity index (χ1n) is 5.46. The van der Waals surface area contributed by atoms with Gasteiger partial charge in [-0.3, -0.25) is 4.79 Å². The number of carbonyl (C=O) groups excluding carboxylic acids is 2. The Morgan fingerprint density at radius 1 is 1.56 bits per heavy atom. The van der Waals surface area contributed by atoms with Crippen molar-refractivity contribution >= 4 is 11.9 Å². The van der Waals surface area contributed by atoms with Crippen molar-refractivity contribution in [1.29, 1.82) is 0 Å². The molecule has 0 aromatic heterocycles. The Labute approximate surface area is 95.6 Å². The number of rotatable bonds is 4. The third-order valence-corrected chi connectivity index (χ3v) is 2.54. The first-order chi connectivity index (χ1) is 7.40. The molecule has 0 saturated carbocycles. The molecule has 0 radical (unpaired) electrons. The monoisotopic (exact) mass is 226 g/mol. The summed E-state index contributed by atoms with van der Waals surface area (Å²) in [6, 6.07) is 0. The van der Waals surface area contributed by atoms with E-state index in [9.17, 15) is 9.59 Å². The maximum Gasteiger partial charge on any atom is 0.334 e. The summed E-state index contributed by atoms with van der Waals surface area (Å²) in [7, 11) is 0. The van der Waals surface area contributed by atoms with Crippen molar-refractivity contribution in [2.45, 2.75) is 46.3 Å². The van der Waals surface area contributed by atoms with Crippen LogP contribution in [0.15, 0.2) is 11.6 Å². The van der Waals surface area contributed by atoms with Crippen molar-refractivity contribution in [2.75, 3.05) is 0 Å². The SMILES string of the molecule is CC(=O)O[C@H](C[C@@H]1C=C(C)C(=O)O1)C(C)C. The fourth-order valence-corrected chi connectivity index (χ4v) is 1.63. The van der Waals surface area contributed by atoms with Gasteiger partial charge in [0.15, 0.2) is 0 Å². The number of carbonyl (C=O) groups is 2. The van der Waals surface area contributed by atoms with E-state index in [2.05, 4.69) is 0 Å². The Morgan fingerprint density at radius 3 is 2.56 bits per heavy atom. The molecule has 1 aliphatic rings. The largest absolute Gasteiger partial charge is 0.462 e. The second-order valence-corrected chi connectivity index (χ2v) is 4.42. The molecule has 0 aliphatic carbocycles. The molecule has 0 amide bonds. The van der Waals surface area contributed by atoms with Crippen molar-refractivity contribution in [2.24, 2.45) is 5.92 Å². The van der Waals surface area contributed by atoms with Crippen LogP contribution in [0.4, 0.5) is 0 Å². The summed E-state index contributed by atoms with van der Waals surface area (Å²) < 4.78 is 10.3. The quantitative estimate of drug-likeness (QED) is 0.686. The Balaban J connectivity index is 2.56. The van der Waals surface area contributed by atoms with Gasteiger partial charge >= 0.3 is 11.9 Å². The van der Waals surface area contributed by atoms with Crippen LogP contribution in [0.25, 0.3) is 0 Å².